The average molecular weight is 875 g/mol. The summed E-state index contributed by atoms with van der Waals surface area (Å²) >= 11 is 0. The van der Waals surface area contributed by atoms with Crippen LogP contribution in [0.15, 0.2) is 231 Å². The molecular weight excluding hydrogens is 825 g/mol. The lowest BCUT2D eigenvalue weighted by Crippen LogP contribution is -2.37. The average Bonchev–Trinajstić information content (AvgIpc) is 3.36. The third-order valence-electron chi connectivity index (χ3n) is 13.7. The van der Waals surface area contributed by atoms with Gasteiger partial charge in [0.25, 0.3) is 0 Å². The van der Waals surface area contributed by atoms with Crippen LogP contribution >= 0.6 is 0 Å². The normalized spacial score (nSPS) is 11.9. The Morgan fingerprint density at radius 2 is 0.731 bits per heavy atom. The van der Waals surface area contributed by atoms with Crippen molar-refractivity contribution in [2.45, 2.75) is 26.6 Å². The first-order chi connectivity index (χ1) is 32.8. The summed E-state index contributed by atoms with van der Waals surface area (Å²) in [6.07, 6.45) is 0. The van der Waals surface area contributed by atoms with Gasteiger partial charge in [0.05, 0.1) is 19.4 Å². The molecule has 3 heteroatoms. The molecule has 67 heavy (non-hydrogen) atoms. The summed E-state index contributed by atoms with van der Waals surface area (Å²) in [5.41, 5.74) is 12.8. The number of aryl methyl sites for hydroxylation is 1. The lowest BCUT2D eigenvalue weighted by molar-refractivity contribution is 1.28. The maximum Gasteiger partial charge on any atom is 0.0776 e. The van der Waals surface area contributed by atoms with Crippen LogP contribution in [0.1, 0.15) is 5.56 Å². The molecule has 12 aromatic carbocycles. The van der Waals surface area contributed by atoms with Crippen LogP contribution in [0.3, 0.4) is 0 Å². The summed E-state index contributed by atoms with van der Waals surface area (Å²) in [6.45, 7) is 9.50. The van der Waals surface area contributed by atoms with Crippen molar-refractivity contribution in [3.8, 4) is 22.3 Å². The Morgan fingerprint density at radius 3 is 1.21 bits per heavy atom. The van der Waals surface area contributed by atoms with Gasteiger partial charge in [-0.25, -0.2) is 0 Å². The van der Waals surface area contributed by atoms with Crippen LogP contribution < -0.4 is 15.0 Å². The van der Waals surface area contributed by atoms with Crippen molar-refractivity contribution in [1.82, 2.24) is 0 Å². The van der Waals surface area contributed by atoms with E-state index in [1.54, 1.807) is 0 Å². The molecule has 0 saturated heterocycles. The zero-order valence-electron chi connectivity index (χ0n) is 38.3. The maximum absolute atomic E-state index is 2.51. The minimum absolute atomic E-state index is 1.11. The van der Waals surface area contributed by atoms with E-state index in [1.807, 2.05) is 0 Å². The van der Waals surface area contributed by atoms with Gasteiger partial charge >= 0.3 is 0 Å². The smallest absolute Gasteiger partial charge is 0.0776 e. The van der Waals surface area contributed by atoms with Crippen molar-refractivity contribution in [3.05, 3.63) is 236 Å². The summed E-state index contributed by atoms with van der Waals surface area (Å²) in [4.78, 5) is 4.97. The Balaban J connectivity index is 1.25. The predicted octanol–water partition coefficient (Wildman–Crippen LogP) is 18.0. The van der Waals surface area contributed by atoms with E-state index in [-0.39, 0.29) is 0 Å². The number of para-hydroxylation sites is 2. The summed E-state index contributed by atoms with van der Waals surface area (Å²) in [6, 6.07) is 85.9. The highest BCUT2D eigenvalue weighted by Gasteiger charge is 2.27. The van der Waals surface area contributed by atoms with E-state index in [2.05, 4.69) is 267 Å². The van der Waals surface area contributed by atoms with E-state index in [4.69, 9.17) is 0 Å². The molecule has 0 spiro atoms. The summed E-state index contributed by atoms with van der Waals surface area (Å²) in [7, 11) is -1.67. The molecule has 2 nitrogen and oxygen atoms in total. The zero-order valence-corrected chi connectivity index (χ0v) is 39.3. The highest BCUT2D eigenvalue weighted by Crippen LogP contribution is 2.52. The summed E-state index contributed by atoms with van der Waals surface area (Å²) in [5, 5.41) is 13.8. The molecule has 0 heterocycles. The highest BCUT2D eigenvalue weighted by molar-refractivity contribution is 6.88. The molecule has 0 aliphatic rings. The Morgan fingerprint density at radius 1 is 0.313 bits per heavy atom. The first-order valence-electron chi connectivity index (χ1n) is 23.4. The topological polar surface area (TPSA) is 6.48 Å². The number of rotatable bonds is 9. The molecule has 0 fully saturated rings. The van der Waals surface area contributed by atoms with Crippen LogP contribution in [0.25, 0.3) is 76.1 Å². The molecule has 12 aromatic rings. The number of benzene rings is 12. The Hall–Kier alpha value is -7.98. The van der Waals surface area contributed by atoms with Crippen LogP contribution in [-0.2, 0) is 0 Å². The van der Waals surface area contributed by atoms with Crippen LogP contribution in [-0.4, -0.2) is 8.07 Å². The Bertz CT molecular complexity index is 3810. The monoisotopic (exact) mass is 874 g/mol. The highest BCUT2D eigenvalue weighted by atomic mass is 28.3. The largest absolute Gasteiger partial charge is 0.310 e. The number of fused-ring (bicyclic) bond motifs is 2. The van der Waals surface area contributed by atoms with Crippen LogP contribution in [0.4, 0.5) is 34.1 Å². The molecule has 320 valence electrons. The SMILES string of the molecule is Cc1cccc(N(c2ccccc2)c2cc(-c3ccc4ccccc4c3)c3ccc4c(N(c5ccccc5)c5cccc([Si](C)(C)C)c5)cc(-c5ccc6ccccc6c5)c5ccc2c3c54)c1. The van der Waals surface area contributed by atoms with E-state index in [1.165, 1.54) is 86.9 Å². The maximum atomic E-state index is 2.51. The number of nitrogens with zero attached hydrogens (tertiary/aromatic N) is 2. The molecule has 0 aliphatic heterocycles. The minimum atomic E-state index is -1.67. The van der Waals surface area contributed by atoms with E-state index in [9.17, 15) is 0 Å². The Labute approximate surface area is 394 Å². The molecule has 0 aliphatic carbocycles. The van der Waals surface area contributed by atoms with Gasteiger partial charge in [-0.15, -0.1) is 0 Å². The zero-order chi connectivity index (χ0) is 45.2. The third-order valence-corrected chi connectivity index (χ3v) is 15.8. The van der Waals surface area contributed by atoms with Crippen molar-refractivity contribution in [1.29, 1.82) is 0 Å². The van der Waals surface area contributed by atoms with Gasteiger partial charge in [-0.1, -0.05) is 183 Å². The van der Waals surface area contributed by atoms with E-state index < -0.39 is 8.07 Å². The second-order valence-corrected chi connectivity index (χ2v) is 24.1. The van der Waals surface area contributed by atoms with Gasteiger partial charge < -0.3 is 9.80 Å². The van der Waals surface area contributed by atoms with Gasteiger partial charge in [-0.05, 0) is 140 Å². The third kappa shape index (κ3) is 7.11. The van der Waals surface area contributed by atoms with Gasteiger partial charge in [-0.3, -0.25) is 0 Å². The van der Waals surface area contributed by atoms with E-state index in [0.29, 0.717) is 0 Å². The molecule has 0 unspecified atom stereocenters. The number of anilines is 6. The molecule has 0 saturated carbocycles. The first-order valence-corrected chi connectivity index (χ1v) is 26.9. The second kappa shape index (κ2) is 16.2. The van der Waals surface area contributed by atoms with Crippen molar-refractivity contribution in [3.63, 3.8) is 0 Å². The molecule has 0 bridgehead atoms. The van der Waals surface area contributed by atoms with Gasteiger partial charge in [-0.2, -0.15) is 0 Å². The molecule has 0 N–H and O–H groups in total. The fourth-order valence-corrected chi connectivity index (χ4v) is 11.6. The molecule has 0 atom stereocenters. The van der Waals surface area contributed by atoms with Gasteiger partial charge in [0.15, 0.2) is 0 Å². The number of hydrogen-bond donors (Lipinski definition) is 0. The van der Waals surface area contributed by atoms with Crippen LogP contribution in [0.2, 0.25) is 19.6 Å². The lowest BCUT2D eigenvalue weighted by atomic mass is 9.84. The second-order valence-electron chi connectivity index (χ2n) is 19.1. The standard InChI is InChI=1S/C64H50N2Si/c1-43-17-15-26-52(37-43)65(50-22-7-5-8-23-50)61-41-59(48-31-29-44-18-11-13-20-46(44)38-48)55-34-36-58-62(66(51-24-9-6-10-25-51)53-27-16-28-54(40-53)67(2,3)4)42-60(56-33-35-57(61)63(55)64(56)58)49-32-30-45-19-12-14-21-47(45)39-49/h5-42H,1-4H3. The van der Waals surface area contributed by atoms with Crippen molar-refractivity contribution >= 4 is 101 Å². The van der Waals surface area contributed by atoms with Crippen molar-refractivity contribution < 1.29 is 0 Å². The van der Waals surface area contributed by atoms with Crippen molar-refractivity contribution in [2.75, 3.05) is 9.80 Å². The lowest BCUT2D eigenvalue weighted by Gasteiger charge is -2.31. The minimum Gasteiger partial charge on any atom is -0.310 e. The van der Waals surface area contributed by atoms with Crippen LogP contribution in [0.5, 0.6) is 0 Å². The van der Waals surface area contributed by atoms with Crippen molar-refractivity contribution in [2.24, 2.45) is 0 Å². The fourth-order valence-electron chi connectivity index (χ4n) is 10.4. The van der Waals surface area contributed by atoms with Gasteiger partial charge in [0.2, 0.25) is 0 Å². The predicted molar refractivity (Wildman–Crippen MR) is 293 cm³/mol. The quantitative estimate of drug-likeness (QED) is 0.105. The summed E-state index contributed by atoms with van der Waals surface area (Å²) in [5.74, 6) is 0. The molecule has 0 aromatic heterocycles. The molecular formula is C64H50N2Si. The number of hydrogen-bond acceptors (Lipinski definition) is 2. The van der Waals surface area contributed by atoms with Crippen LogP contribution in [0, 0.1) is 6.92 Å². The molecule has 12 rings (SSSR count). The van der Waals surface area contributed by atoms with Gasteiger partial charge in [0, 0.05) is 44.3 Å². The Kier molecular flexibility index (Phi) is 9.78. The first kappa shape index (κ1) is 40.5. The summed E-state index contributed by atoms with van der Waals surface area (Å²) < 4.78 is 0. The molecule has 0 radical (unpaired) electrons. The van der Waals surface area contributed by atoms with E-state index >= 15 is 0 Å². The fraction of sp³-hybridized carbons (Fsp3) is 0.0625. The van der Waals surface area contributed by atoms with E-state index in [0.717, 1.165) is 34.1 Å². The molecule has 0 amide bonds. The van der Waals surface area contributed by atoms with Gasteiger partial charge in [0.1, 0.15) is 0 Å².